The fraction of sp³-hybridized carbons (Fsp3) is 0.517. The quantitative estimate of drug-likeness (QED) is 0.365. The number of methoxy groups -OCH3 is 2. The summed E-state index contributed by atoms with van der Waals surface area (Å²) in [6, 6.07) is 0.256. The standard InChI is InChI=1S/C29H33ClF3N5O7/c1-14-22(34-13-44-14)25-35-18(21(26(39)43-5)23(36-25)16-7-6-15(31)8-17(16)30)9-37-12-29(32,33)24-19(37)11-45-38(24)10-20(42-4)28(2,3)27(40)41/h6-8,13,19-20,23-24H,9-12H2,1-5H3,(H,35,36)(H,40,41)/t19-,20-,23+,24+/m1/s1. The fourth-order valence-corrected chi connectivity index (χ4v) is 6.20. The first-order valence-electron chi connectivity index (χ1n) is 14.0. The average molecular weight is 656 g/mol. The molecule has 1 aromatic carbocycles. The van der Waals surface area contributed by atoms with Crippen molar-refractivity contribution >= 4 is 29.4 Å². The number of carbonyl (C=O) groups excluding carboxylic acids is 1. The number of aliphatic imine (C=N–C) groups is 1. The second kappa shape index (κ2) is 12.4. The zero-order chi connectivity index (χ0) is 32.8. The lowest BCUT2D eigenvalue weighted by Gasteiger charge is -2.34. The Balaban J connectivity index is 1.51. The molecule has 0 saturated carbocycles. The number of hydroxylamine groups is 2. The molecule has 244 valence electrons. The Hall–Kier alpha value is -3.50. The summed E-state index contributed by atoms with van der Waals surface area (Å²) in [4.78, 5) is 41.2. The summed E-state index contributed by atoms with van der Waals surface area (Å²) < 4.78 is 61.2. The van der Waals surface area contributed by atoms with Crippen LogP contribution < -0.4 is 5.32 Å². The first kappa shape index (κ1) is 32.9. The second-order valence-electron chi connectivity index (χ2n) is 11.6. The van der Waals surface area contributed by atoms with Crippen molar-refractivity contribution in [2.24, 2.45) is 10.4 Å². The molecule has 0 unspecified atom stereocenters. The Morgan fingerprint density at radius 3 is 2.64 bits per heavy atom. The number of esters is 1. The molecule has 3 aliphatic heterocycles. The topological polar surface area (TPSA) is 139 Å². The predicted molar refractivity (Wildman–Crippen MR) is 153 cm³/mol. The number of aryl methyl sites for hydroxylation is 1. The number of benzene rings is 1. The fourth-order valence-electron chi connectivity index (χ4n) is 5.93. The van der Waals surface area contributed by atoms with Gasteiger partial charge in [-0.25, -0.2) is 22.9 Å². The van der Waals surface area contributed by atoms with Crippen molar-refractivity contribution in [3.63, 3.8) is 0 Å². The highest BCUT2D eigenvalue weighted by atomic mass is 35.5. The number of aromatic nitrogens is 1. The minimum Gasteiger partial charge on any atom is -0.481 e. The molecular formula is C29H33ClF3N5O7. The molecule has 2 fully saturated rings. The molecule has 0 aliphatic carbocycles. The number of fused-ring (bicyclic) bond motifs is 1. The van der Waals surface area contributed by atoms with Gasteiger partial charge in [-0.05, 0) is 32.9 Å². The van der Waals surface area contributed by atoms with E-state index in [2.05, 4.69) is 15.3 Å². The lowest BCUT2D eigenvalue weighted by Crippen LogP contribution is -2.51. The number of halogens is 4. The van der Waals surface area contributed by atoms with Gasteiger partial charge in [-0.1, -0.05) is 17.7 Å². The lowest BCUT2D eigenvalue weighted by molar-refractivity contribution is -0.205. The van der Waals surface area contributed by atoms with Gasteiger partial charge in [-0.15, -0.1) is 0 Å². The van der Waals surface area contributed by atoms with E-state index in [1.54, 1.807) is 6.92 Å². The van der Waals surface area contributed by atoms with Crippen molar-refractivity contribution in [1.82, 2.24) is 20.3 Å². The third-order valence-electron chi connectivity index (χ3n) is 8.51. The number of alkyl halides is 2. The molecule has 12 nitrogen and oxygen atoms in total. The number of aliphatic carboxylic acids is 1. The van der Waals surface area contributed by atoms with Crippen molar-refractivity contribution in [3.8, 4) is 0 Å². The Bertz CT molecular complexity index is 1550. The van der Waals surface area contributed by atoms with Crippen LogP contribution in [0.3, 0.4) is 0 Å². The van der Waals surface area contributed by atoms with Crippen molar-refractivity contribution < 1.29 is 46.6 Å². The number of carboxylic acid groups (broad SMARTS) is 1. The number of hydrogen-bond acceptors (Lipinski definition) is 11. The van der Waals surface area contributed by atoms with Crippen LogP contribution in [0.5, 0.6) is 0 Å². The number of rotatable bonds is 10. The molecule has 0 bridgehead atoms. The smallest absolute Gasteiger partial charge is 0.338 e. The first-order chi connectivity index (χ1) is 21.2. The Labute approximate surface area is 261 Å². The largest absolute Gasteiger partial charge is 0.481 e. The highest BCUT2D eigenvalue weighted by Crippen LogP contribution is 2.43. The van der Waals surface area contributed by atoms with Crippen LogP contribution in [0.4, 0.5) is 13.2 Å². The molecule has 0 radical (unpaired) electrons. The number of oxazole rings is 1. The van der Waals surface area contributed by atoms with Gasteiger partial charge in [0.15, 0.2) is 12.2 Å². The molecule has 2 aromatic rings. The Kier molecular flexibility index (Phi) is 9.03. The van der Waals surface area contributed by atoms with Gasteiger partial charge < -0.3 is 24.3 Å². The molecule has 3 aliphatic rings. The summed E-state index contributed by atoms with van der Waals surface area (Å²) in [6.45, 7) is 3.32. The van der Waals surface area contributed by atoms with Gasteiger partial charge in [-0.2, -0.15) is 5.06 Å². The van der Waals surface area contributed by atoms with Gasteiger partial charge in [0.05, 0.1) is 49.9 Å². The maximum Gasteiger partial charge on any atom is 0.338 e. The average Bonchev–Trinajstić information content (AvgIpc) is 3.67. The maximum absolute atomic E-state index is 15.7. The van der Waals surface area contributed by atoms with E-state index in [0.717, 1.165) is 11.1 Å². The molecule has 0 amide bonds. The molecule has 2 N–H and O–H groups in total. The zero-order valence-electron chi connectivity index (χ0n) is 25.1. The van der Waals surface area contributed by atoms with Gasteiger partial charge in [0.2, 0.25) is 0 Å². The number of hydrogen-bond donors (Lipinski definition) is 2. The number of nitrogens with one attached hydrogen (secondary N) is 1. The van der Waals surface area contributed by atoms with Crippen LogP contribution in [0.25, 0.3) is 0 Å². The normalized spacial score (nSPS) is 24.3. The summed E-state index contributed by atoms with van der Waals surface area (Å²) in [5, 5.41) is 13.8. The Morgan fingerprint density at radius 1 is 1.31 bits per heavy atom. The number of amidine groups is 1. The van der Waals surface area contributed by atoms with E-state index in [0.29, 0.717) is 11.5 Å². The van der Waals surface area contributed by atoms with Crippen LogP contribution in [0.15, 0.2) is 45.3 Å². The monoisotopic (exact) mass is 655 g/mol. The summed E-state index contributed by atoms with van der Waals surface area (Å²) >= 11 is 6.41. The van der Waals surface area contributed by atoms with Crippen LogP contribution in [0.1, 0.15) is 36.9 Å². The third-order valence-corrected chi connectivity index (χ3v) is 8.83. The van der Waals surface area contributed by atoms with E-state index in [-0.39, 0.29) is 47.4 Å². The number of ether oxygens (including phenoxy) is 2. The number of likely N-dealkylation sites (tertiary alicyclic amines) is 1. The molecule has 5 rings (SSSR count). The minimum absolute atomic E-state index is 0.00721. The Morgan fingerprint density at radius 2 is 2.04 bits per heavy atom. The first-order valence-corrected chi connectivity index (χ1v) is 14.4. The van der Waals surface area contributed by atoms with E-state index >= 15 is 8.78 Å². The number of carbonyl (C=O) groups is 2. The molecule has 0 spiro atoms. The van der Waals surface area contributed by atoms with Crippen LogP contribution in [-0.2, 0) is 23.9 Å². The van der Waals surface area contributed by atoms with E-state index in [1.807, 2.05) is 0 Å². The lowest BCUT2D eigenvalue weighted by atomic mass is 9.86. The summed E-state index contributed by atoms with van der Waals surface area (Å²) in [5.41, 5.74) is -0.617. The van der Waals surface area contributed by atoms with Crippen LogP contribution in [0.2, 0.25) is 5.02 Å². The SMILES string of the molecule is COC(=O)C1=C(CN2CC(F)(F)[C@@H]3[C@H]2CON3C[C@@H](OC)C(C)(C)C(=O)O)NC(c2ncoc2C)=N[C@H]1c1ccc(F)cc1Cl. The van der Waals surface area contributed by atoms with Crippen molar-refractivity contribution in [2.45, 2.75) is 50.9 Å². The van der Waals surface area contributed by atoms with Crippen molar-refractivity contribution in [3.05, 3.63) is 63.7 Å². The van der Waals surface area contributed by atoms with Gasteiger partial charge in [0.1, 0.15) is 29.4 Å². The highest BCUT2D eigenvalue weighted by Gasteiger charge is 2.61. The van der Waals surface area contributed by atoms with Gasteiger partial charge in [0.25, 0.3) is 5.92 Å². The summed E-state index contributed by atoms with van der Waals surface area (Å²) in [6.07, 6.45) is 0.251. The summed E-state index contributed by atoms with van der Waals surface area (Å²) in [7, 11) is 2.49. The van der Waals surface area contributed by atoms with Gasteiger partial charge in [0, 0.05) is 29.9 Å². The predicted octanol–water partition coefficient (Wildman–Crippen LogP) is 3.35. The van der Waals surface area contributed by atoms with Crippen LogP contribution in [0, 0.1) is 18.2 Å². The molecule has 4 heterocycles. The van der Waals surface area contributed by atoms with Gasteiger partial charge >= 0.3 is 11.9 Å². The number of nitrogens with zero attached hydrogens (tertiary/aromatic N) is 4. The molecule has 16 heteroatoms. The molecule has 2 saturated heterocycles. The maximum atomic E-state index is 15.7. The van der Waals surface area contributed by atoms with E-state index in [4.69, 9.17) is 30.3 Å². The van der Waals surface area contributed by atoms with Gasteiger partial charge in [-0.3, -0.25) is 19.5 Å². The third kappa shape index (κ3) is 6.06. The van der Waals surface area contributed by atoms with E-state index < -0.39 is 59.9 Å². The molecule has 1 aromatic heterocycles. The highest BCUT2D eigenvalue weighted by molar-refractivity contribution is 6.31. The second-order valence-corrected chi connectivity index (χ2v) is 12.0. The molecule has 45 heavy (non-hydrogen) atoms. The molecule has 4 atom stereocenters. The van der Waals surface area contributed by atoms with Crippen molar-refractivity contribution in [2.75, 3.05) is 40.5 Å². The van der Waals surface area contributed by atoms with E-state index in [1.165, 1.54) is 51.5 Å². The van der Waals surface area contributed by atoms with Crippen LogP contribution in [-0.4, -0.2) is 102 Å². The van der Waals surface area contributed by atoms with Crippen LogP contribution >= 0.6 is 11.6 Å². The zero-order valence-corrected chi connectivity index (χ0v) is 25.9. The van der Waals surface area contributed by atoms with E-state index in [9.17, 15) is 19.1 Å². The van der Waals surface area contributed by atoms with Crippen molar-refractivity contribution in [1.29, 1.82) is 0 Å². The molecular weight excluding hydrogens is 623 g/mol. The minimum atomic E-state index is -3.28. The number of carboxylic acids is 1. The summed E-state index contributed by atoms with van der Waals surface area (Å²) in [5.74, 6) is -5.25.